The van der Waals surface area contributed by atoms with Crippen molar-refractivity contribution in [2.75, 3.05) is 4.90 Å². The fourth-order valence-electron chi connectivity index (χ4n) is 9.71. The van der Waals surface area contributed by atoms with Crippen molar-refractivity contribution >= 4 is 82.0 Å². The van der Waals surface area contributed by atoms with Crippen molar-refractivity contribution in [2.24, 2.45) is 0 Å². The van der Waals surface area contributed by atoms with Crippen LogP contribution in [0.15, 0.2) is 231 Å². The van der Waals surface area contributed by atoms with Crippen LogP contribution in [0.1, 0.15) is 0 Å². The monoisotopic (exact) mass is 762 g/mol. The molecule has 0 aliphatic carbocycles. The third-order valence-electron chi connectivity index (χ3n) is 12.4. The van der Waals surface area contributed by atoms with Gasteiger partial charge in [-0.2, -0.15) is 0 Å². The first kappa shape index (κ1) is 34.1. The lowest BCUT2D eigenvalue weighted by atomic mass is 9.92. The number of nitrogens with zero attached hydrogens (tertiary/aromatic N) is 2. The van der Waals surface area contributed by atoms with E-state index in [1.54, 1.807) is 0 Å². The second kappa shape index (κ2) is 13.9. The van der Waals surface area contributed by atoms with Crippen molar-refractivity contribution in [1.82, 2.24) is 4.57 Å². The molecule has 0 radical (unpaired) electrons. The minimum absolute atomic E-state index is 1.10. The van der Waals surface area contributed by atoms with Crippen molar-refractivity contribution in [2.45, 2.75) is 0 Å². The zero-order valence-corrected chi connectivity index (χ0v) is 32.8. The predicted molar refractivity (Wildman–Crippen MR) is 256 cm³/mol. The highest BCUT2D eigenvalue weighted by Crippen LogP contribution is 2.47. The van der Waals surface area contributed by atoms with Crippen LogP contribution in [0, 0.1) is 0 Å². The highest BCUT2D eigenvalue weighted by Gasteiger charge is 2.22. The predicted octanol–water partition coefficient (Wildman–Crippen LogP) is 16.2. The minimum Gasteiger partial charge on any atom is -0.310 e. The molecule has 11 aromatic carbocycles. The third-order valence-corrected chi connectivity index (χ3v) is 12.4. The number of para-hydroxylation sites is 4. The molecule has 1 aromatic heterocycles. The minimum atomic E-state index is 1.10. The zero-order chi connectivity index (χ0) is 39.6. The molecule has 0 saturated carbocycles. The molecule has 0 atom stereocenters. The van der Waals surface area contributed by atoms with Crippen LogP contribution >= 0.6 is 0 Å². The van der Waals surface area contributed by atoms with E-state index in [0.29, 0.717) is 0 Å². The van der Waals surface area contributed by atoms with Gasteiger partial charge in [0, 0.05) is 33.3 Å². The first-order valence-electron chi connectivity index (χ1n) is 20.7. The summed E-state index contributed by atoms with van der Waals surface area (Å²) in [6.45, 7) is 0. The summed E-state index contributed by atoms with van der Waals surface area (Å²) in [5.41, 5.74) is 11.5. The maximum absolute atomic E-state index is 2.45. The standard InChI is InChI=1S/C58H38N2/c1-2-19-41(20-3-1)59(42-34-35-50-48-25-7-6-23-46(48)47-24-8-9-26-49(47)53(50)38-42)58-36-33-40(37-54(58)45-29-16-18-39-17-4-5-21-43(39)45)44-22-10-13-30-55(44)60-56-31-14-11-27-51(56)52-28-12-15-32-57(52)60/h1-38H. The van der Waals surface area contributed by atoms with Crippen LogP contribution in [0.5, 0.6) is 0 Å². The van der Waals surface area contributed by atoms with Crippen molar-refractivity contribution in [3.8, 4) is 27.9 Å². The summed E-state index contributed by atoms with van der Waals surface area (Å²) in [5.74, 6) is 0. The molecule has 0 aliphatic heterocycles. The molecule has 2 nitrogen and oxygen atoms in total. The van der Waals surface area contributed by atoms with E-state index in [-0.39, 0.29) is 0 Å². The molecule has 280 valence electrons. The molecule has 0 fully saturated rings. The number of hydrogen-bond donors (Lipinski definition) is 0. The summed E-state index contributed by atoms with van der Waals surface area (Å²) >= 11 is 0. The average Bonchev–Trinajstić information content (AvgIpc) is 3.66. The number of rotatable bonds is 6. The maximum atomic E-state index is 2.45. The number of aromatic nitrogens is 1. The van der Waals surface area contributed by atoms with Crippen molar-refractivity contribution in [3.63, 3.8) is 0 Å². The van der Waals surface area contributed by atoms with E-state index in [1.807, 2.05) is 0 Å². The van der Waals surface area contributed by atoms with Gasteiger partial charge in [-0.3, -0.25) is 0 Å². The largest absolute Gasteiger partial charge is 0.310 e. The number of fused-ring (bicyclic) bond motifs is 10. The second-order valence-corrected chi connectivity index (χ2v) is 15.6. The molecule has 0 N–H and O–H groups in total. The Labute approximate surface area is 348 Å². The van der Waals surface area contributed by atoms with E-state index >= 15 is 0 Å². The van der Waals surface area contributed by atoms with Crippen molar-refractivity contribution in [1.29, 1.82) is 0 Å². The Hall–Kier alpha value is -7.94. The SMILES string of the molecule is c1ccc(N(c2ccc3c4ccccc4c4ccccc4c3c2)c2ccc(-c3ccccc3-n3c4ccccc4c4ccccc43)cc2-c2cccc3ccccc23)cc1. The van der Waals surface area contributed by atoms with Gasteiger partial charge in [0.15, 0.2) is 0 Å². The quantitative estimate of drug-likeness (QED) is 0.153. The fourth-order valence-corrected chi connectivity index (χ4v) is 9.71. The lowest BCUT2D eigenvalue weighted by molar-refractivity contribution is 1.18. The van der Waals surface area contributed by atoms with E-state index in [2.05, 4.69) is 240 Å². The molecule has 60 heavy (non-hydrogen) atoms. The highest BCUT2D eigenvalue weighted by atomic mass is 15.1. The molecule has 0 saturated heterocycles. The van der Waals surface area contributed by atoms with E-state index in [9.17, 15) is 0 Å². The summed E-state index contributed by atoms with van der Waals surface area (Å²) in [7, 11) is 0. The van der Waals surface area contributed by atoms with Crippen LogP contribution in [0.3, 0.4) is 0 Å². The number of hydrogen-bond acceptors (Lipinski definition) is 1. The Balaban J connectivity index is 1.14. The van der Waals surface area contributed by atoms with Gasteiger partial charge in [0.05, 0.1) is 22.4 Å². The molecule has 12 aromatic rings. The highest BCUT2D eigenvalue weighted by molar-refractivity contribution is 6.26. The molecule has 1 heterocycles. The Kier molecular flexibility index (Phi) is 7.89. The van der Waals surface area contributed by atoms with E-state index in [0.717, 1.165) is 33.9 Å². The number of benzene rings is 11. The van der Waals surface area contributed by atoms with E-state index in [1.165, 1.54) is 76.0 Å². The summed E-state index contributed by atoms with van der Waals surface area (Å²) in [4.78, 5) is 2.45. The van der Waals surface area contributed by atoms with Gasteiger partial charge >= 0.3 is 0 Å². The molecule has 0 unspecified atom stereocenters. The van der Waals surface area contributed by atoms with Crippen LogP contribution < -0.4 is 4.90 Å². The van der Waals surface area contributed by atoms with E-state index in [4.69, 9.17) is 0 Å². The second-order valence-electron chi connectivity index (χ2n) is 15.6. The molecular weight excluding hydrogens is 725 g/mol. The summed E-state index contributed by atoms with van der Waals surface area (Å²) < 4.78 is 2.44. The smallest absolute Gasteiger partial charge is 0.0541 e. The van der Waals surface area contributed by atoms with Gasteiger partial charge in [0.25, 0.3) is 0 Å². The maximum Gasteiger partial charge on any atom is 0.0541 e. The summed E-state index contributed by atoms with van der Waals surface area (Å²) in [5, 5.41) is 12.5. The molecule has 0 amide bonds. The van der Waals surface area contributed by atoms with Crippen molar-refractivity contribution in [3.05, 3.63) is 231 Å². The zero-order valence-electron chi connectivity index (χ0n) is 32.8. The van der Waals surface area contributed by atoms with Gasteiger partial charge in [-0.25, -0.2) is 0 Å². The van der Waals surface area contributed by atoms with Crippen LogP contribution in [0.2, 0.25) is 0 Å². The first-order chi connectivity index (χ1) is 29.8. The van der Waals surface area contributed by atoms with E-state index < -0.39 is 0 Å². The lowest BCUT2D eigenvalue weighted by Gasteiger charge is -2.29. The van der Waals surface area contributed by atoms with Gasteiger partial charge in [0.2, 0.25) is 0 Å². The number of anilines is 3. The van der Waals surface area contributed by atoms with Crippen LogP contribution in [-0.4, -0.2) is 4.57 Å². The average molecular weight is 763 g/mol. The molecule has 2 heteroatoms. The Bertz CT molecular complexity index is 3520. The molecule has 0 bridgehead atoms. The van der Waals surface area contributed by atoms with Gasteiger partial charge in [-0.15, -0.1) is 0 Å². The molecule has 0 aliphatic rings. The van der Waals surface area contributed by atoms with Gasteiger partial charge < -0.3 is 9.47 Å². The Morgan fingerprint density at radius 2 is 0.800 bits per heavy atom. The summed E-state index contributed by atoms with van der Waals surface area (Å²) in [6.07, 6.45) is 0. The molecular formula is C58H38N2. The summed E-state index contributed by atoms with van der Waals surface area (Å²) in [6, 6.07) is 84.4. The Morgan fingerprint density at radius 3 is 1.50 bits per heavy atom. The third kappa shape index (κ3) is 5.35. The topological polar surface area (TPSA) is 8.17 Å². The fraction of sp³-hybridized carbons (Fsp3) is 0. The molecule has 12 rings (SSSR count). The normalized spacial score (nSPS) is 11.7. The van der Waals surface area contributed by atoms with Gasteiger partial charge in [-0.05, 0) is 109 Å². The van der Waals surface area contributed by atoms with Gasteiger partial charge in [0.1, 0.15) is 0 Å². The van der Waals surface area contributed by atoms with Crippen LogP contribution in [0.25, 0.3) is 92.8 Å². The van der Waals surface area contributed by atoms with Crippen molar-refractivity contribution < 1.29 is 0 Å². The van der Waals surface area contributed by atoms with Gasteiger partial charge in [-0.1, -0.05) is 176 Å². The molecule has 0 spiro atoms. The first-order valence-corrected chi connectivity index (χ1v) is 20.7. The lowest BCUT2D eigenvalue weighted by Crippen LogP contribution is -2.11. The van der Waals surface area contributed by atoms with Crippen LogP contribution in [0.4, 0.5) is 17.1 Å². The Morgan fingerprint density at radius 1 is 0.283 bits per heavy atom. The van der Waals surface area contributed by atoms with Crippen LogP contribution in [-0.2, 0) is 0 Å².